The number of amides is 11. The van der Waals surface area contributed by atoms with E-state index in [9.17, 15) is 70.6 Å². The summed E-state index contributed by atoms with van der Waals surface area (Å²) in [5, 5.41) is 12.9. The number of urea groups is 1. The van der Waals surface area contributed by atoms with Crippen LogP contribution in [-0.4, -0.2) is 190 Å². The third kappa shape index (κ3) is 22.0. The smallest absolute Gasteiger partial charge is 0.415 e. The summed E-state index contributed by atoms with van der Waals surface area (Å²) in [6.07, 6.45) is 1.56. The van der Waals surface area contributed by atoms with Crippen LogP contribution < -0.4 is 46.1 Å². The van der Waals surface area contributed by atoms with Crippen molar-refractivity contribution in [1.82, 2.24) is 30.7 Å². The molecule has 7 N–H and O–H groups in total. The molecule has 6 aromatic rings. The fourth-order valence-electron chi connectivity index (χ4n) is 13.0. The zero-order chi connectivity index (χ0) is 80.1. The monoisotopic (exact) mass is 1610 g/mol. The molecule has 0 aliphatic carbocycles. The first-order valence-corrected chi connectivity index (χ1v) is 41.3. The van der Waals surface area contributed by atoms with Gasteiger partial charge in [-0.25, -0.2) is 18.9 Å². The lowest BCUT2D eigenvalue weighted by molar-refractivity contribution is -0.137. The molecule has 29 nitrogen and oxygen atoms in total. The van der Waals surface area contributed by atoms with Crippen molar-refractivity contribution in [2.24, 2.45) is 23.0 Å². The van der Waals surface area contributed by atoms with Crippen molar-refractivity contribution >= 4 is 156 Å². The Morgan fingerprint density at radius 2 is 1.27 bits per heavy atom. The van der Waals surface area contributed by atoms with E-state index in [0.29, 0.717) is 51.6 Å². The van der Waals surface area contributed by atoms with E-state index < -0.39 is 125 Å². The van der Waals surface area contributed by atoms with Crippen LogP contribution in [0.5, 0.6) is 11.5 Å². The molecule has 1 unspecified atom stereocenters. The Morgan fingerprint density at radius 1 is 0.727 bits per heavy atom. The lowest BCUT2D eigenvalue weighted by Gasteiger charge is -2.27. The van der Waals surface area contributed by atoms with Gasteiger partial charge in [0.15, 0.2) is 5.78 Å². The maximum absolute atomic E-state index is 14.7. The van der Waals surface area contributed by atoms with Crippen LogP contribution in [0.3, 0.4) is 0 Å². The summed E-state index contributed by atoms with van der Waals surface area (Å²) in [4.78, 5) is 165. The van der Waals surface area contributed by atoms with Gasteiger partial charge in [-0.3, -0.25) is 47.4 Å². The molecule has 3 aliphatic rings. The van der Waals surface area contributed by atoms with Gasteiger partial charge in [0.1, 0.15) is 29.9 Å². The van der Waals surface area contributed by atoms with Gasteiger partial charge in [0.2, 0.25) is 17.7 Å². The van der Waals surface area contributed by atoms with Crippen molar-refractivity contribution < 1.29 is 88.8 Å². The van der Waals surface area contributed by atoms with E-state index >= 15 is 0 Å². The molecule has 0 spiro atoms. The molecule has 5 aromatic carbocycles. The third-order valence-corrected chi connectivity index (χ3v) is 22.2. The van der Waals surface area contributed by atoms with Gasteiger partial charge in [-0.15, -0.1) is 34.5 Å². The van der Waals surface area contributed by atoms with Crippen LogP contribution in [0.4, 0.5) is 31.4 Å². The van der Waals surface area contributed by atoms with Crippen molar-refractivity contribution in [3.8, 4) is 11.5 Å². The maximum atomic E-state index is 14.7. The number of hydrogen-bond donors (Lipinski definition) is 6. The number of likely N-dealkylation sites (N-methyl/N-ethyl adjacent to an activating group) is 2. The summed E-state index contributed by atoms with van der Waals surface area (Å²) in [5.41, 5.74) is 7.99. The average Bonchev–Trinajstić information content (AvgIpc) is 1.58. The predicted molar refractivity (Wildman–Crippen MR) is 418 cm³/mol. The van der Waals surface area contributed by atoms with Crippen LogP contribution >= 0.6 is 42.1 Å². The Labute approximate surface area is 651 Å². The van der Waals surface area contributed by atoms with Crippen LogP contribution in [0, 0.1) is 17.3 Å². The standard InChI is InChI=1S/C76H91Cl2N10O19PS2/c1-45(2)68(83-70(94)55(43-110(102,103)105-44-76(3,4)5)82-63(90)22-10-9-15-32-86-64(91)29-30-65(86)92)58(89)35-47(17-16-31-80-73(79)97)69(93)81-50-25-23-46(24-26-50)42-104-74(98)84(6)33-34-85(7)75(99)106-59-36-56-66(53-20-13-11-18-51(53)59)48(38-77)40-87(56)71(95)61-27-28-62(109-61)72(96)88-41-49(39-78)67-54-21-14-12-19-52(54)60(37-57(67)88)107-108(8,100)101/h11-14,18-21,23-30,36-37,45,47-49,55,68H,9-10,15-17,22,31-35,38-44H2,1-8H3,(H,81,93)(H,82,90)(H,83,94)(H,100,101)(H3,79,80,97)/t47-,48-,49-,55+,68+/m1/s1. The van der Waals surface area contributed by atoms with E-state index in [1.165, 1.54) is 36.0 Å². The molecular weight excluding hydrogens is 1520 g/mol. The summed E-state index contributed by atoms with van der Waals surface area (Å²) >= 11 is 14.2. The third-order valence-electron chi connectivity index (χ3n) is 18.6. The van der Waals surface area contributed by atoms with Crippen LogP contribution in [0.15, 0.2) is 109 Å². The Hall–Kier alpha value is -9.49. The van der Waals surface area contributed by atoms with Gasteiger partial charge in [0.05, 0.1) is 33.8 Å². The Morgan fingerprint density at radius 3 is 1.81 bits per heavy atom. The molecule has 0 saturated carbocycles. The Balaban J connectivity index is 0.788. The molecule has 6 atom stereocenters. The molecule has 11 amide bonds. The number of halogens is 2. The number of hydrogen-bond acceptors (Lipinski definition) is 19. The van der Waals surface area contributed by atoms with Gasteiger partial charge in [-0.1, -0.05) is 102 Å². The molecule has 0 bridgehead atoms. The van der Waals surface area contributed by atoms with Gasteiger partial charge in [0.25, 0.3) is 33.7 Å². The number of rotatable bonds is 35. The number of nitrogens with zero attached hydrogens (tertiary/aromatic N) is 5. The van der Waals surface area contributed by atoms with E-state index in [1.54, 1.807) is 117 Å². The van der Waals surface area contributed by atoms with Crippen LogP contribution in [0.25, 0.3) is 21.5 Å². The molecule has 4 heterocycles. The molecule has 1 aromatic heterocycles. The number of ketones is 1. The number of carbonyl (C=O) groups is 11. The minimum atomic E-state index is -4.45. The van der Waals surface area contributed by atoms with Crippen molar-refractivity contribution in [2.45, 2.75) is 110 Å². The van der Waals surface area contributed by atoms with Crippen molar-refractivity contribution in [3.05, 3.63) is 136 Å². The molecule has 590 valence electrons. The first-order valence-electron chi connectivity index (χ1n) is 35.8. The lowest BCUT2D eigenvalue weighted by Crippen LogP contribution is -2.55. The number of thiophene rings is 1. The zero-order valence-electron chi connectivity index (χ0n) is 62.2. The minimum absolute atomic E-state index is 0.00124. The van der Waals surface area contributed by atoms with Crippen molar-refractivity contribution in [1.29, 1.82) is 0 Å². The number of fused-ring (bicyclic) bond motifs is 6. The number of Topliss-reactive ketones (excluding diaryl/α,β-unsaturated/α-hetero) is 1. The molecule has 0 radical (unpaired) electrons. The normalized spacial score (nSPS) is 16.1. The molecule has 0 saturated heterocycles. The van der Waals surface area contributed by atoms with Crippen LogP contribution in [0.2, 0.25) is 0 Å². The largest absolute Gasteiger partial charge is 0.445 e. The second kappa shape index (κ2) is 37.0. The first kappa shape index (κ1) is 84.5. The minimum Gasteiger partial charge on any atom is -0.445 e. The highest BCUT2D eigenvalue weighted by Crippen LogP contribution is 2.51. The number of imide groups is 1. The van der Waals surface area contributed by atoms with E-state index in [0.717, 1.165) is 39.4 Å². The number of anilines is 3. The topological polar surface area (TPSA) is 386 Å². The highest BCUT2D eigenvalue weighted by Gasteiger charge is 2.41. The lowest BCUT2D eigenvalue weighted by atomic mass is 9.89. The Bertz CT molecular complexity index is 4680. The number of nitrogens with two attached hydrogens (primary N) is 1. The van der Waals surface area contributed by atoms with Crippen molar-refractivity contribution in [3.63, 3.8) is 0 Å². The number of carbonyl (C=O) groups excluding carboxylic acids is 11. The van der Waals surface area contributed by atoms with Gasteiger partial charge in [-0.05, 0) is 88.7 Å². The second-order valence-electron chi connectivity index (χ2n) is 28.9. The fourth-order valence-corrected chi connectivity index (χ4v) is 16.2. The highest BCUT2D eigenvalue weighted by molar-refractivity contribution is 7.86. The number of nitrogens with one attached hydrogen (secondary N) is 4. The zero-order valence-corrected chi connectivity index (χ0v) is 66.3. The molecule has 3 aliphatic heterocycles. The Kier molecular flexibility index (Phi) is 28.4. The summed E-state index contributed by atoms with van der Waals surface area (Å²) in [6, 6.07) is 23.3. The second-order valence-corrected chi connectivity index (χ2v) is 34.1. The molecule has 34 heteroatoms. The van der Waals surface area contributed by atoms with E-state index in [-0.39, 0.29) is 123 Å². The number of benzene rings is 5. The van der Waals surface area contributed by atoms with Gasteiger partial charge in [0, 0.05) is 143 Å². The van der Waals surface area contributed by atoms with Gasteiger partial charge >= 0.3 is 25.8 Å². The van der Waals surface area contributed by atoms with Crippen molar-refractivity contribution in [2.75, 3.05) is 99.3 Å². The summed E-state index contributed by atoms with van der Waals surface area (Å²) in [5.74, 6) is -7.26. The van der Waals surface area contributed by atoms with E-state index in [4.69, 9.17) is 47.1 Å². The fraction of sp³-hybridized carbons (Fsp3) is 0.434. The molecule has 9 rings (SSSR count). The van der Waals surface area contributed by atoms with Crippen LogP contribution in [-0.2, 0) is 59.0 Å². The SMILES string of the molecule is CC(C)[C@H](NC(=O)[C@H](CS(=O)(=O)OCC(C)(C)C)NC(=O)CCCCCN1C(=O)C=CC1=O)C(=O)C[C@@H](CCCNC(N)=O)C(=O)Nc1ccc(COC(=O)N(C)CCN(C)C(=O)Oc2cc3c(c4ccccc24)[C@H](CCl)CN3C(=O)c2ccc(C(=O)N3C[C@@H](CCl)c4c3cc(OP(C)(=O)O)c3ccccc43)s2)cc1. The van der Waals surface area contributed by atoms with E-state index in [2.05, 4.69) is 21.3 Å². The predicted octanol–water partition coefficient (Wildman–Crippen LogP) is 10.4. The molecular formula is C76H91Cl2N10O19PS2. The van der Waals surface area contributed by atoms with Gasteiger partial charge < -0.3 is 65.5 Å². The summed E-state index contributed by atoms with van der Waals surface area (Å²) in [6.45, 7) is 9.68. The quantitative estimate of drug-likeness (QED) is 0.00708. The first-order chi connectivity index (χ1) is 52.0. The number of alkyl halides is 2. The van der Waals surface area contributed by atoms with Crippen LogP contribution in [0.1, 0.15) is 127 Å². The highest BCUT2D eigenvalue weighted by atomic mass is 35.5. The maximum Gasteiger partial charge on any atom is 0.415 e. The summed E-state index contributed by atoms with van der Waals surface area (Å²) in [7, 11) is -5.50. The summed E-state index contributed by atoms with van der Waals surface area (Å²) < 4.78 is 61.6. The molecule has 0 fully saturated rings. The number of unbranched alkanes of at least 4 members (excludes halogenated alkanes) is 2. The van der Waals surface area contributed by atoms with E-state index in [1.807, 2.05) is 24.3 Å². The number of ether oxygens (including phenoxy) is 2. The molecule has 110 heavy (non-hydrogen) atoms. The average molecular weight is 1610 g/mol. The van der Waals surface area contributed by atoms with Gasteiger partial charge in [-0.2, -0.15) is 8.42 Å². The number of primary amides is 1.